The minimum Gasteiger partial charge on any atom is -0.486 e. The number of imide groups is 1. The van der Waals surface area contributed by atoms with E-state index in [0.29, 0.717) is 24.7 Å². The van der Waals surface area contributed by atoms with E-state index >= 15 is 0 Å². The molecular weight excluding hydrogens is 336 g/mol. The van der Waals surface area contributed by atoms with Gasteiger partial charge in [-0.3, -0.25) is 14.5 Å². The van der Waals surface area contributed by atoms with Crippen LogP contribution in [-0.4, -0.2) is 61.8 Å². The smallest absolute Gasteiger partial charge is 0.243 e. The Morgan fingerprint density at radius 3 is 2.25 bits per heavy atom. The highest BCUT2D eigenvalue weighted by Gasteiger charge is 2.45. The number of benzene rings is 1. The molecule has 9 heteroatoms. The van der Waals surface area contributed by atoms with E-state index in [4.69, 9.17) is 9.47 Å². The second-order valence-corrected chi connectivity index (χ2v) is 7.88. The van der Waals surface area contributed by atoms with Gasteiger partial charge in [0.05, 0.1) is 10.9 Å². The summed E-state index contributed by atoms with van der Waals surface area (Å²) in [7, 11) is -3.68. The normalized spacial score (nSPS) is 21.9. The van der Waals surface area contributed by atoms with Gasteiger partial charge in [-0.1, -0.05) is 0 Å². The van der Waals surface area contributed by atoms with Gasteiger partial charge < -0.3 is 9.47 Å². The molecule has 0 N–H and O–H groups in total. The van der Waals surface area contributed by atoms with Crippen molar-refractivity contribution in [1.29, 1.82) is 0 Å². The minimum absolute atomic E-state index is 0.115. The van der Waals surface area contributed by atoms with Crippen LogP contribution < -0.4 is 9.47 Å². The Bertz CT molecular complexity index is 799. The summed E-state index contributed by atoms with van der Waals surface area (Å²) < 4.78 is 37.4. The number of carbonyl (C=O) groups is 2. The number of rotatable bonds is 3. The van der Waals surface area contributed by atoms with Crippen LogP contribution in [0.5, 0.6) is 11.5 Å². The number of hydrogen-bond donors (Lipinski definition) is 0. The molecule has 0 bridgehead atoms. The molecule has 3 heterocycles. The van der Waals surface area contributed by atoms with E-state index in [1.807, 2.05) is 0 Å². The highest BCUT2D eigenvalue weighted by Crippen LogP contribution is 2.34. The van der Waals surface area contributed by atoms with Gasteiger partial charge in [-0.05, 0) is 12.1 Å². The van der Waals surface area contributed by atoms with Crippen LogP contribution in [0.2, 0.25) is 0 Å². The fourth-order valence-corrected chi connectivity index (χ4v) is 4.64. The van der Waals surface area contributed by atoms with Crippen LogP contribution in [0.4, 0.5) is 0 Å². The van der Waals surface area contributed by atoms with E-state index in [9.17, 15) is 18.0 Å². The molecule has 24 heavy (non-hydrogen) atoms. The summed E-state index contributed by atoms with van der Waals surface area (Å²) in [5, 5.41) is 0. The molecule has 0 saturated carbocycles. The van der Waals surface area contributed by atoms with E-state index in [0.717, 1.165) is 0 Å². The Morgan fingerprint density at radius 1 is 0.958 bits per heavy atom. The van der Waals surface area contributed by atoms with Crippen LogP contribution >= 0.6 is 0 Å². The predicted molar refractivity (Wildman–Crippen MR) is 81.1 cm³/mol. The molecule has 3 aliphatic heterocycles. The number of likely N-dealkylation sites (tertiary alicyclic amines) is 1. The summed E-state index contributed by atoms with van der Waals surface area (Å²) in [4.78, 5) is 24.7. The van der Waals surface area contributed by atoms with Crippen LogP contribution in [0.1, 0.15) is 12.8 Å². The average Bonchev–Trinajstić information content (AvgIpc) is 2.85. The molecule has 4 rings (SSSR count). The van der Waals surface area contributed by atoms with Crippen molar-refractivity contribution >= 4 is 21.8 Å². The number of carbonyl (C=O) groups excluding carboxylic acids is 2. The first-order valence-electron chi connectivity index (χ1n) is 7.71. The topological polar surface area (TPSA) is 93.2 Å². The van der Waals surface area contributed by atoms with Crippen molar-refractivity contribution in [1.82, 2.24) is 9.21 Å². The zero-order chi connectivity index (χ0) is 16.9. The second kappa shape index (κ2) is 5.45. The van der Waals surface area contributed by atoms with Crippen molar-refractivity contribution in [2.45, 2.75) is 23.8 Å². The van der Waals surface area contributed by atoms with Crippen molar-refractivity contribution < 1.29 is 27.5 Å². The van der Waals surface area contributed by atoms with Gasteiger partial charge in [0, 0.05) is 32.0 Å². The fourth-order valence-electron chi connectivity index (χ4n) is 3.11. The monoisotopic (exact) mass is 352 g/mol. The zero-order valence-corrected chi connectivity index (χ0v) is 13.6. The SMILES string of the molecule is O=C1CCC(=O)N1C1CN(S(=O)(=O)c2ccc3c(c2)OCCO3)C1. The Labute approximate surface area is 139 Å². The number of nitrogens with zero attached hydrogens (tertiary/aromatic N) is 2. The minimum atomic E-state index is -3.68. The highest BCUT2D eigenvalue weighted by molar-refractivity contribution is 7.89. The molecule has 8 nitrogen and oxygen atoms in total. The lowest BCUT2D eigenvalue weighted by Gasteiger charge is -2.41. The van der Waals surface area contributed by atoms with Crippen molar-refractivity contribution in [2.75, 3.05) is 26.3 Å². The fraction of sp³-hybridized carbons (Fsp3) is 0.467. The van der Waals surface area contributed by atoms with Gasteiger partial charge in [-0.25, -0.2) is 8.42 Å². The molecule has 3 aliphatic rings. The van der Waals surface area contributed by atoms with Gasteiger partial charge in [0.25, 0.3) is 0 Å². The third-order valence-corrected chi connectivity index (χ3v) is 6.26. The maximum Gasteiger partial charge on any atom is 0.243 e. The van der Waals surface area contributed by atoms with Crippen LogP contribution in [0.15, 0.2) is 23.1 Å². The molecular formula is C15H16N2O6S. The average molecular weight is 352 g/mol. The molecule has 0 spiro atoms. The second-order valence-electron chi connectivity index (χ2n) is 5.94. The quantitative estimate of drug-likeness (QED) is 0.710. The highest BCUT2D eigenvalue weighted by atomic mass is 32.2. The molecule has 2 saturated heterocycles. The number of sulfonamides is 1. The summed E-state index contributed by atoms with van der Waals surface area (Å²) in [6.07, 6.45) is 0.425. The summed E-state index contributed by atoms with van der Waals surface area (Å²) in [5.74, 6) is 0.488. The predicted octanol–water partition coefficient (Wildman–Crippen LogP) is -0.0203. The van der Waals surface area contributed by atoms with Crippen LogP contribution in [0.25, 0.3) is 0 Å². The largest absolute Gasteiger partial charge is 0.486 e. The molecule has 0 atom stereocenters. The molecule has 0 aromatic heterocycles. The molecule has 1 aromatic rings. The number of amides is 2. The third kappa shape index (κ3) is 2.35. The standard InChI is InChI=1S/C15H16N2O6S/c18-14-3-4-15(19)17(14)10-8-16(9-10)24(20,21)11-1-2-12-13(7-11)23-6-5-22-12/h1-2,7,10H,3-6,8-9H2. The summed E-state index contributed by atoms with van der Waals surface area (Å²) in [6.45, 7) is 1.08. The van der Waals surface area contributed by atoms with Crippen LogP contribution in [0, 0.1) is 0 Å². The van der Waals surface area contributed by atoms with Gasteiger partial charge in [0.1, 0.15) is 13.2 Å². The lowest BCUT2D eigenvalue weighted by atomic mass is 10.1. The van der Waals surface area contributed by atoms with E-state index in [1.165, 1.54) is 21.3 Å². The summed E-state index contributed by atoms with van der Waals surface area (Å²) >= 11 is 0. The Balaban J connectivity index is 1.51. The van der Waals surface area contributed by atoms with Crippen molar-refractivity contribution in [3.63, 3.8) is 0 Å². The van der Waals surface area contributed by atoms with Crippen LogP contribution in [0.3, 0.4) is 0 Å². The molecule has 0 aliphatic carbocycles. The van der Waals surface area contributed by atoms with Gasteiger partial charge in [-0.2, -0.15) is 4.31 Å². The van der Waals surface area contributed by atoms with Gasteiger partial charge in [-0.15, -0.1) is 0 Å². The van der Waals surface area contributed by atoms with Crippen LogP contribution in [-0.2, 0) is 19.6 Å². The molecule has 0 unspecified atom stereocenters. The van der Waals surface area contributed by atoms with Gasteiger partial charge >= 0.3 is 0 Å². The molecule has 2 fully saturated rings. The van der Waals surface area contributed by atoms with E-state index < -0.39 is 10.0 Å². The summed E-state index contributed by atoms with van der Waals surface area (Å²) in [6, 6.07) is 4.14. The maximum absolute atomic E-state index is 12.7. The molecule has 2 amide bonds. The zero-order valence-electron chi connectivity index (χ0n) is 12.8. The molecule has 0 radical (unpaired) electrons. The first-order chi connectivity index (χ1) is 11.5. The summed E-state index contributed by atoms with van der Waals surface area (Å²) in [5.41, 5.74) is 0. The maximum atomic E-state index is 12.7. The number of fused-ring (bicyclic) bond motifs is 1. The number of hydrogen-bond acceptors (Lipinski definition) is 6. The first-order valence-corrected chi connectivity index (χ1v) is 9.15. The first kappa shape index (κ1) is 15.4. The Hall–Kier alpha value is -2.13. The Morgan fingerprint density at radius 2 is 1.58 bits per heavy atom. The molecule has 1 aromatic carbocycles. The van der Waals surface area contributed by atoms with E-state index in [2.05, 4.69) is 0 Å². The van der Waals surface area contributed by atoms with E-state index in [-0.39, 0.29) is 48.7 Å². The van der Waals surface area contributed by atoms with Gasteiger partial charge in [0.2, 0.25) is 21.8 Å². The Kier molecular flexibility index (Phi) is 3.50. The lowest BCUT2D eigenvalue weighted by molar-refractivity contribution is -0.143. The molecule has 128 valence electrons. The van der Waals surface area contributed by atoms with Gasteiger partial charge in [0.15, 0.2) is 11.5 Å². The number of ether oxygens (including phenoxy) is 2. The van der Waals surface area contributed by atoms with Crippen molar-refractivity contribution in [3.05, 3.63) is 18.2 Å². The van der Waals surface area contributed by atoms with Crippen molar-refractivity contribution in [3.8, 4) is 11.5 Å². The lowest BCUT2D eigenvalue weighted by Crippen LogP contribution is -2.62. The third-order valence-electron chi connectivity index (χ3n) is 4.44. The van der Waals surface area contributed by atoms with Crippen molar-refractivity contribution in [2.24, 2.45) is 0 Å². The van der Waals surface area contributed by atoms with E-state index in [1.54, 1.807) is 6.07 Å².